The molecule has 3 heteroatoms. The van der Waals surface area contributed by atoms with Gasteiger partial charge in [0.25, 0.3) is 5.95 Å². The minimum atomic E-state index is -0.361. The second kappa shape index (κ2) is 3.43. The lowest BCUT2D eigenvalue weighted by molar-refractivity contribution is -0.133. The monoisotopic (exact) mass is 168 g/mol. The van der Waals surface area contributed by atoms with Crippen LogP contribution in [0.5, 0.6) is 5.95 Å². The van der Waals surface area contributed by atoms with Crippen LogP contribution < -0.4 is 4.74 Å². The smallest absolute Gasteiger partial charge is 0.310 e. The van der Waals surface area contributed by atoms with Gasteiger partial charge < -0.3 is 9.15 Å². The molecular formula is C9H12O3. The van der Waals surface area contributed by atoms with E-state index in [0.717, 1.165) is 5.76 Å². The molecule has 0 atom stereocenters. The first-order chi connectivity index (χ1) is 5.59. The molecule has 3 nitrogen and oxygen atoms in total. The van der Waals surface area contributed by atoms with Gasteiger partial charge in [-0.3, -0.25) is 4.79 Å². The van der Waals surface area contributed by atoms with Crippen LogP contribution in [0.25, 0.3) is 0 Å². The van der Waals surface area contributed by atoms with Gasteiger partial charge in [-0.2, -0.15) is 0 Å². The van der Waals surface area contributed by atoms with Gasteiger partial charge in [-0.05, 0) is 6.07 Å². The average Bonchev–Trinajstić information content (AvgIpc) is 2.34. The number of ether oxygens (including phenoxy) is 1. The van der Waals surface area contributed by atoms with Crippen LogP contribution in [-0.2, 0) is 4.79 Å². The molecule has 0 aliphatic heterocycles. The molecule has 0 spiro atoms. The van der Waals surface area contributed by atoms with E-state index >= 15 is 0 Å². The second-order valence-corrected chi connectivity index (χ2v) is 2.91. The Hall–Kier alpha value is -1.25. The van der Waals surface area contributed by atoms with Gasteiger partial charge in [0, 0.05) is 18.9 Å². The molecule has 0 amide bonds. The topological polar surface area (TPSA) is 39.4 Å². The average molecular weight is 168 g/mol. The van der Waals surface area contributed by atoms with Crippen molar-refractivity contribution in [2.75, 3.05) is 0 Å². The van der Waals surface area contributed by atoms with E-state index in [0.29, 0.717) is 5.92 Å². The van der Waals surface area contributed by atoms with Crippen molar-refractivity contribution in [3.63, 3.8) is 0 Å². The first-order valence-corrected chi connectivity index (χ1v) is 3.87. The largest absolute Gasteiger partial charge is 0.430 e. The van der Waals surface area contributed by atoms with Gasteiger partial charge in [-0.25, -0.2) is 0 Å². The zero-order chi connectivity index (χ0) is 9.14. The van der Waals surface area contributed by atoms with E-state index in [1.807, 2.05) is 19.9 Å². The molecule has 0 N–H and O–H groups in total. The summed E-state index contributed by atoms with van der Waals surface area (Å²) in [5.41, 5.74) is 0. The van der Waals surface area contributed by atoms with E-state index in [9.17, 15) is 4.79 Å². The predicted octanol–water partition coefficient (Wildman–Crippen LogP) is 2.33. The van der Waals surface area contributed by atoms with Crippen LogP contribution >= 0.6 is 0 Å². The lowest BCUT2D eigenvalue weighted by atomic mass is 10.2. The van der Waals surface area contributed by atoms with Crippen LogP contribution in [0.4, 0.5) is 0 Å². The summed E-state index contributed by atoms with van der Waals surface area (Å²) in [7, 11) is 0. The van der Waals surface area contributed by atoms with Crippen molar-refractivity contribution in [3.05, 3.63) is 17.9 Å². The quantitative estimate of drug-likeness (QED) is 0.636. The summed E-state index contributed by atoms with van der Waals surface area (Å²) in [5, 5.41) is 0. The molecule has 0 radical (unpaired) electrons. The third-order valence-electron chi connectivity index (χ3n) is 1.42. The van der Waals surface area contributed by atoms with Gasteiger partial charge >= 0.3 is 5.97 Å². The Morgan fingerprint density at radius 3 is 2.58 bits per heavy atom. The lowest BCUT2D eigenvalue weighted by Gasteiger charge is -1.98. The van der Waals surface area contributed by atoms with Crippen LogP contribution in [0, 0.1) is 0 Å². The number of carbonyl (C=O) groups is 1. The van der Waals surface area contributed by atoms with Gasteiger partial charge in [-0.15, -0.1) is 0 Å². The molecule has 1 rings (SSSR count). The van der Waals surface area contributed by atoms with Gasteiger partial charge in [0.05, 0.1) is 0 Å². The Labute approximate surface area is 71.3 Å². The summed E-state index contributed by atoms with van der Waals surface area (Å²) in [4.78, 5) is 10.5. The third-order valence-corrected chi connectivity index (χ3v) is 1.42. The number of hydrogen-bond acceptors (Lipinski definition) is 3. The van der Waals surface area contributed by atoms with E-state index in [1.54, 1.807) is 6.07 Å². The van der Waals surface area contributed by atoms with E-state index in [-0.39, 0.29) is 11.9 Å². The summed E-state index contributed by atoms with van der Waals surface area (Å²) < 4.78 is 9.95. The molecule has 1 aromatic heterocycles. The Bertz CT molecular complexity index is 273. The Balaban J connectivity index is 2.70. The van der Waals surface area contributed by atoms with Crippen molar-refractivity contribution in [2.24, 2.45) is 0 Å². The minimum absolute atomic E-state index is 0.270. The molecule has 0 aliphatic carbocycles. The number of hydrogen-bond donors (Lipinski definition) is 0. The first-order valence-electron chi connectivity index (χ1n) is 3.87. The SMILES string of the molecule is CC(=O)Oc1ccc(C(C)C)o1. The fourth-order valence-corrected chi connectivity index (χ4v) is 0.841. The van der Waals surface area contributed by atoms with Crippen LogP contribution in [-0.4, -0.2) is 5.97 Å². The molecule has 0 bridgehead atoms. The van der Waals surface area contributed by atoms with E-state index < -0.39 is 0 Å². The molecule has 0 fully saturated rings. The Morgan fingerprint density at radius 2 is 2.17 bits per heavy atom. The fraction of sp³-hybridized carbons (Fsp3) is 0.444. The van der Waals surface area contributed by atoms with Gasteiger partial charge in [0.1, 0.15) is 5.76 Å². The standard InChI is InChI=1S/C9H12O3/c1-6(2)8-4-5-9(12-8)11-7(3)10/h4-6H,1-3H3. The molecule has 12 heavy (non-hydrogen) atoms. The van der Waals surface area contributed by atoms with E-state index in [4.69, 9.17) is 9.15 Å². The molecule has 0 unspecified atom stereocenters. The molecule has 1 aromatic rings. The lowest BCUT2D eigenvalue weighted by Crippen LogP contribution is -1.99. The van der Waals surface area contributed by atoms with Gasteiger partial charge in [0.15, 0.2) is 0 Å². The van der Waals surface area contributed by atoms with Crippen LogP contribution in [0.3, 0.4) is 0 Å². The highest BCUT2D eigenvalue weighted by Crippen LogP contribution is 2.22. The maximum atomic E-state index is 10.5. The van der Waals surface area contributed by atoms with Crippen molar-refractivity contribution in [3.8, 4) is 5.95 Å². The van der Waals surface area contributed by atoms with Crippen molar-refractivity contribution in [2.45, 2.75) is 26.7 Å². The maximum Gasteiger partial charge on any atom is 0.310 e. The predicted molar refractivity (Wildman–Crippen MR) is 44.1 cm³/mol. The van der Waals surface area contributed by atoms with E-state index in [1.165, 1.54) is 6.92 Å². The van der Waals surface area contributed by atoms with E-state index in [2.05, 4.69) is 0 Å². The van der Waals surface area contributed by atoms with Crippen molar-refractivity contribution < 1.29 is 13.9 Å². The van der Waals surface area contributed by atoms with Gasteiger partial charge in [-0.1, -0.05) is 13.8 Å². The number of carbonyl (C=O) groups excluding carboxylic acids is 1. The number of furan rings is 1. The summed E-state index contributed by atoms with van der Waals surface area (Å²) in [5.74, 6) is 1.05. The maximum absolute atomic E-state index is 10.5. The molecular weight excluding hydrogens is 156 g/mol. The zero-order valence-corrected chi connectivity index (χ0v) is 7.46. The molecule has 0 aliphatic rings. The highest BCUT2D eigenvalue weighted by atomic mass is 16.6. The molecule has 0 saturated heterocycles. The van der Waals surface area contributed by atoms with Crippen LogP contribution in [0.15, 0.2) is 16.5 Å². The van der Waals surface area contributed by atoms with Crippen LogP contribution in [0.1, 0.15) is 32.4 Å². The minimum Gasteiger partial charge on any atom is -0.430 e. The third kappa shape index (κ3) is 2.12. The Morgan fingerprint density at radius 1 is 1.50 bits per heavy atom. The molecule has 66 valence electrons. The normalized spacial score (nSPS) is 10.3. The van der Waals surface area contributed by atoms with Crippen molar-refractivity contribution >= 4 is 5.97 Å². The summed E-state index contributed by atoms with van der Waals surface area (Å²) in [6.07, 6.45) is 0. The van der Waals surface area contributed by atoms with Crippen LogP contribution in [0.2, 0.25) is 0 Å². The summed E-state index contributed by atoms with van der Waals surface area (Å²) >= 11 is 0. The zero-order valence-electron chi connectivity index (χ0n) is 7.46. The second-order valence-electron chi connectivity index (χ2n) is 2.91. The van der Waals surface area contributed by atoms with Crippen molar-refractivity contribution in [1.29, 1.82) is 0 Å². The van der Waals surface area contributed by atoms with Gasteiger partial charge in [0.2, 0.25) is 0 Å². The Kier molecular flexibility index (Phi) is 2.53. The highest BCUT2D eigenvalue weighted by Gasteiger charge is 2.07. The van der Waals surface area contributed by atoms with Crippen molar-refractivity contribution in [1.82, 2.24) is 0 Å². The molecule has 0 aromatic carbocycles. The summed E-state index contributed by atoms with van der Waals surface area (Å²) in [6, 6.07) is 3.46. The fourth-order valence-electron chi connectivity index (χ4n) is 0.841. The molecule has 1 heterocycles. The molecule has 0 saturated carbocycles. The highest BCUT2D eigenvalue weighted by molar-refractivity contribution is 5.68. The number of esters is 1. The summed E-state index contributed by atoms with van der Waals surface area (Å²) in [6.45, 7) is 5.37. The number of rotatable bonds is 2. The first kappa shape index (κ1) is 8.84.